The standard InChI is InChI=1S/C10H11N3/c1-7-4-3-5-8(2)9(7)10-11-6-12-13-10/h3-6H,1-2H3,(H,11,12,13). The number of nitrogens with zero attached hydrogens (tertiary/aromatic N) is 2. The molecular weight excluding hydrogens is 162 g/mol. The normalized spacial score (nSPS) is 10.3. The first-order valence-corrected chi connectivity index (χ1v) is 4.21. The fourth-order valence-electron chi connectivity index (χ4n) is 1.51. The summed E-state index contributed by atoms with van der Waals surface area (Å²) < 4.78 is 0. The molecule has 0 fully saturated rings. The average Bonchev–Trinajstić information content (AvgIpc) is 2.57. The third-order valence-electron chi connectivity index (χ3n) is 2.13. The van der Waals surface area contributed by atoms with E-state index in [4.69, 9.17) is 0 Å². The number of H-pyrrole nitrogens is 1. The van der Waals surface area contributed by atoms with Crippen LogP contribution >= 0.6 is 0 Å². The van der Waals surface area contributed by atoms with Gasteiger partial charge < -0.3 is 0 Å². The Morgan fingerprint density at radius 1 is 1.15 bits per heavy atom. The van der Waals surface area contributed by atoms with Gasteiger partial charge in [0.15, 0.2) is 5.82 Å². The van der Waals surface area contributed by atoms with Gasteiger partial charge in [0.1, 0.15) is 6.33 Å². The van der Waals surface area contributed by atoms with Crippen LogP contribution in [0.25, 0.3) is 11.4 Å². The van der Waals surface area contributed by atoms with E-state index >= 15 is 0 Å². The highest BCUT2D eigenvalue weighted by atomic mass is 15.2. The van der Waals surface area contributed by atoms with E-state index in [9.17, 15) is 0 Å². The van der Waals surface area contributed by atoms with E-state index in [0.29, 0.717) is 0 Å². The largest absolute Gasteiger partial charge is 0.259 e. The zero-order valence-electron chi connectivity index (χ0n) is 7.70. The maximum absolute atomic E-state index is 4.14. The number of aromatic amines is 1. The second-order valence-corrected chi connectivity index (χ2v) is 3.10. The molecule has 13 heavy (non-hydrogen) atoms. The highest BCUT2D eigenvalue weighted by Crippen LogP contribution is 2.22. The molecule has 0 aliphatic carbocycles. The van der Waals surface area contributed by atoms with Crippen LogP contribution < -0.4 is 0 Å². The first-order chi connectivity index (χ1) is 6.29. The summed E-state index contributed by atoms with van der Waals surface area (Å²) in [6, 6.07) is 6.19. The minimum atomic E-state index is 0.843. The molecule has 0 aliphatic heterocycles. The van der Waals surface area contributed by atoms with Crippen LogP contribution in [0.5, 0.6) is 0 Å². The summed E-state index contributed by atoms with van der Waals surface area (Å²) in [5, 5.41) is 6.72. The van der Waals surface area contributed by atoms with E-state index in [1.54, 1.807) is 0 Å². The Labute approximate surface area is 76.8 Å². The van der Waals surface area contributed by atoms with Gasteiger partial charge in [-0.15, -0.1) is 0 Å². The van der Waals surface area contributed by atoms with Crippen LogP contribution in [0, 0.1) is 13.8 Å². The van der Waals surface area contributed by atoms with Gasteiger partial charge in [0.2, 0.25) is 0 Å². The van der Waals surface area contributed by atoms with Gasteiger partial charge in [0, 0.05) is 5.56 Å². The molecule has 1 aromatic heterocycles. The summed E-state index contributed by atoms with van der Waals surface area (Å²) in [5.74, 6) is 0.843. The SMILES string of the molecule is Cc1cccc(C)c1-c1ncn[nH]1. The number of aromatic nitrogens is 3. The van der Waals surface area contributed by atoms with Crippen molar-refractivity contribution in [2.75, 3.05) is 0 Å². The number of rotatable bonds is 1. The van der Waals surface area contributed by atoms with Crippen molar-refractivity contribution in [2.24, 2.45) is 0 Å². The predicted octanol–water partition coefficient (Wildman–Crippen LogP) is 2.09. The van der Waals surface area contributed by atoms with Gasteiger partial charge in [-0.25, -0.2) is 4.98 Å². The first-order valence-electron chi connectivity index (χ1n) is 4.21. The average molecular weight is 173 g/mol. The second kappa shape index (κ2) is 3.01. The van der Waals surface area contributed by atoms with Gasteiger partial charge in [-0.1, -0.05) is 18.2 Å². The van der Waals surface area contributed by atoms with Crippen LogP contribution in [-0.2, 0) is 0 Å². The van der Waals surface area contributed by atoms with Gasteiger partial charge in [0.25, 0.3) is 0 Å². The molecule has 0 bridgehead atoms. The summed E-state index contributed by atoms with van der Waals surface area (Å²) in [6.07, 6.45) is 1.53. The summed E-state index contributed by atoms with van der Waals surface area (Å²) >= 11 is 0. The zero-order valence-corrected chi connectivity index (χ0v) is 7.70. The van der Waals surface area contributed by atoms with Crippen molar-refractivity contribution in [3.8, 4) is 11.4 Å². The monoisotopic (exact) mass is 173 g/mol. The first kappa shape index (κ1) is 7.98. The van der Waals surface area contributed by atoms with Crippen molar-refractivity contribution in [1.82, 2.24) is 15.2 Å². The molecule has 66 valence electrons. The fourth-order valence-corrected chi connectivity index (χ4v) is 1.51. The molecule has 0 radical (unpaired) electrons. The molecule has 3 nitrogen and oxygen atoms in total. The van der Waals surface area contributed by atoms with Crippen molar-refractivity contribution in [2.45, 2.75) is 13.8 Å². The molecule has 1 N–H and O–H groups in total. The van der Waals surface area contributed by atoms with Gasteiger partial charge in [-0.3, -0.25) is 5.10 Å². The topological polar surface area (TPSA) is 41.6 Å². The van der Waals surface area contributed by atoms with Gasteiger partial charge in [-0.2, -0.15) is 5.10 Å². The van der Waals surface area contributed by atoms with Crippen LogP contribution in [0.4, 0.5) is 0 Å². The molecule has 3 heteroatoms. The lowest BCUT2D eigenvalue weighted by Crippen LogP contribution is -1.89. The van der Waals surface area contributed by atoms with E-state index in [-0.39, 0.29) is 0 Å². The Kier molecular flexibility index (Phi) is 1.85. The molecule has 0 unspecified atom stereocenters. The van der Waals surface area contributed by atoms with Gasteiger partial charge in [-0.05, 0) is 25.0 Å². The molecule has 0 aliphatic rings. The molecule has 2 rings (SSSR count). The summed E-state index contributed by atoms with van der Waals surface area (Å²) in [7, 11) is 0. The Hall–Kier alpha value is -1.64. The molecular formula is C10H11N3. The third-order valence-corrected chi connectivity index (χ3v) is 2.13. The molecule has 0 spiro atoms. The summed E-state index contributed by atoms with van der Waals surface area (Å²) in [4.78, 5) is 4.14. The quantitative estimate of drug-likeness (QED) is 0.717. The number of nitrogens with one attached hydrogen (secondary N) is 1. The molecule has 2 aromatic rings. The molecule has 0 saturated heterocycles. The fraction of sp³-hybridized carbons (Fsp3) is 0.200. The highest BCUT2D eigenvalue weighted by molar-refractivity contribution is 5.63. The minimum absolute atomic E-state index is 0.843. The molecule has 1 aromatic carbocycles. The number of hydrogen-bond acceptors (Lipinski definition) is 2. The lowest BCUT2D eigenvalue weighted by Gasteiger charge is -2.04. The van der Waals surface area contributed by atoms with E-state index in [0.717, 1.165) is 11.4 Å². The lowest BCUT2D eigenvalue weighted by atomic mass is 10.0. The smallest absolute Gasteiger partial charge is 0.155 e. The molecule has 0 saturated carbocycles. The van der Waals surface area contributed by atoms with E-state index in [2.05, 4.69) is 41.2 Å². The summed E-state index contributed by atoms with van der Waals surface area (Å²) in [6.45, 7) is 4.15. The van der Waals surface area contributed by atoms with E-state index < -0.39 is 0 Å². The Balaban J connectivity index is 2.64. The Bertz CT molecular complexity index is 384. The Morgan fingerprint density at radius 3 is 2.38 bits per heavy atom. The molecule has 1 heterocycles. The number of benzene rings is 1. The van der Waals surface area contributed by atoms with Crippen molar-refractivity contribution >= 4 is 0 Å². The predicted molar refractivity (Wildman–Crippen MR) is 51.3 cm³/mol. The maximum atomic E-state index is 4.14. The number of hydrogen-bond donors (Lipinski definition) is 1. The van der Waals surface area contributed by atoms with Crippen molar-refractivity contribution < 1.29 is 0 Å². The van der Waals surface area contributed by atoms with Crippen molar-refractivity contribution in [3.63, 3.8) is 0 Å². The van der Waals surface area contributed by atoms with Crippen LogP contribution in [0.1, 0.15) is 11.1 Å². The minimum Gasteiger partial charge on any atom is -0.259 e. The lowest BCUT2D eigenvalue weighted by molar-refractivity contribution is 1.09. The van der Waals surface area contributed by atoms with Crippen LogP contribution in [0.3, 0.4) is 0 Å². The highest BCUT2D eigenvalue weighted by Gasteiger charge is 2.06. The second-order valence-electron chi connectivity index (χ2n) is 3.10. The van der Waals surface area contributed by atoms with Gasteiger partial charge >= 0.3 is 0 Å². The maximum Gasteiger partial charge on any atom is 0.155 e. The third kappa shape index (κ3) is 1.33. The van der Waals surface area contributed by atoms with Crippen molar-refractivity contribution in [3.05, 3.63) is 35.7 Å². The van der Waals surface area contributed by atoms with Gasteiger partial charge in [0.05, 0.1) is 0 Å². The van der Waals surface area contributed by atoms with E-state index in [1.165, 1.54) is 17.5 Å². The number of aryl methyl sites for hydroxylation is 2. The van der Waals surface area contributed by atoms with E-state index in [1.807, 2.05) is 6.07 Å². The van der Waals surface area contributed by atoms with Crippen LogP contribution in [0.2, 0.25) is 0 Å². The van der Waals surface area contributed by atoms with Crippen LogP contribution in [0.15, 0.2) is 24.5 Å². The van der Waals surface area contributed by atoms with Crippen molar-refractivity contribution in [1.29, 1.82) is 0 Å². The summed E-state index contributed by atoms with van der Waals surface area (Å²) in [5.41, 5.74) is 3.59. The van der Waals surface area contributed by atoms with Crippen LogP contribution in [-0.4, -0.2) is 15.2 Å². The molecule has 0 atom stereocenters. The zero-order chi connectivity index (χ0) is 9.26. The molecule has 0 amide bonds. The Morgan fingerprint density at radius 2 is 1.85 bits per heavy atom.